The Bertz CT molecular complexity index is 671. The third-order valence-corrected chi connectivity index (χ3v) is 5.53. The van der Waals surface area contributed by atoms with Crippen LogP contribution in [0.2, 0.25) is 0 Å². The summed E-state index contributed by atoms with van der Waals surface area (Å²) in [5.41, 5.74) is 5.57. The molecule has 0 bridgehead atoms. The first-order valence-corrected chi connectivity index (χ1v) is 8.99. The van der Waals surface area contributed by atoms with E-state index in [1.807, 2.05) is 0 Å². The molecule has 10 heteroatoms. The van der Waals surface area contributed by atoms with Gasteiger partial charge in [0.05, 0.1) is 15.9 Å². The Balaban J connectivity index is 1.53. The number of piperazine rings is 1. The van der Waals surface area contributed by atoms with E-state index in [1.165, 1.54) is 12.1 Å². The Kier molecular flexibility index (Phi) is 5.30. The van der Waals surface area contributed by atoms with Crippen molar-refractivity contribution in [3.63, 3.8) is 0 Å². The quantitative estimate of drug-likeness (QED) is 0.609. The zero-order valence-corrected chi connectivity index (χ0v) is 14.4. The van der Waals surface area contributed by atoms with Crippen molar-refractivity contribution in [2.24, 2.45) is 5.73 Å². The van der Waals surface area contributed by atoms with Gasteiger partial charge in [-0.05, 0) is 18.9 Å². The van der Waals surface area contributed by atoms with Crippen LogP contribution in [0.25, 0.3) is 0 Å². The highest BCUT2D eigenvalue weighted by molar-refractivity contribution is 7.17. The predicted octanol–water partition coefficient (Wildman–Crippen LogP) is 0.447. The molecule has 3 heterocycles. The van der Waals surface area contributed by atoms with E-state index in [4.69, 9.17) is 10.5 Å². The normalized spacial score (nSPS) is 23.7. The maximum Gasteiger partial charge on any atom is 0.324 e. The van der Waals surface area contributed by atoms with E-state index >= 15 is 0 Å². The van der Waals surface area contributed by atoms with Crippen molar-refractivity contribution in [1.82, 2.24) is 9.80 Å². The van der Waals surface area contributed by atoms with Crippen LogP contribution in [0.5, 0.6) is 0 Å². The molecule has 2 amide bonds. The average molecular weight is 368 g/mol. The molecule has 0 spiro atoms. The van der Waals surface area contributed by atoms with Gasteiger partial charge < -0.3 is 20.3 Å². The summed E-state index contributed by atoms with van der Waals surface area (Å²) in [7, 11) is 0. The molecule has 2 aliphatic rings. The number of nitrogens with two attached hydrogens (primary N) is 1. The van der Waals surface area contributed by atoms with E-state index in [9.17, 15) is 19.7 Å². The summed E-state index contributed by atoms with van der Waals surface area (Å²) < 4.78 is 5.64. The fraction of sp³-hybridized carbons (Fsp3) is 0.600. The summed E-state index contributed by atoms with van der Waals surface area (Å²) >= 11 is 0.870. The monoisotopic (exact) mass is 368 g/mol. The van der Waals surface area contributed by atoms with Crippen molar-refractivity contribution in [2.75, 3.05) is 32.7 Å². The van der Waals surface area contributed by atoms with Crippen LogP contribution in [0.1, 0.15) is 22.5 Å². The van der Waals surface area contributed by atoms with E-state index in [0.29, 0.717) is 44.0 Å². The van der Waals surface area contributed by atoms with Crippen molar-refractivity contribution in [1.29, 1.82) is 0 Å². The van der Waals surface area contributed by atoms with Gasteiger partial charge in [-0.15, -0.1) is 0 Å². The highest BCUT2D eigenvalue weighted by atomic mass is 32.1. The Morgan fingerprint density at radius 2 is 1.92 bits per heavy atom. The summed E-state index contributed by atoms with van der Waals surface area (Å²) in [6.45, 7) is 2.10. The first-order valence-electron chi connectivity index (χ1n) is 8.17. The Hall–Kier alpha value is -2.04. The average Bonchev–Trinajstić information content (AvgIpc) is 3.30. The molecule has 0 aliphatic carbocycles. The topological polar surface area (TPSA) is 119 Å². The zero-order chi connectivity index (χ0) is 18.0. The largest absolute Gasteiger partial charge is 0.364 e. The number of amides is 2. The third kappa shape index (κ3) is 3.80. The second kappa shape index (κ2) is 7.46. The van der Waals surface area contributed by atoms with Gasteiger partial charge in [0.15, 0.2) is 0 Å². The molecule has 2 N–H and O–H groups in total. The number of carbonyl (C=O) groups excluding carboxylic acids is 2. The number of rotatable bonds is 4. The molecule has 2 atom stereocenters. The highest BCUT2D eigenvalue weighted by Crippen LogP contribution is 2.26. The summed E-state index contributed by atoms with van der Waals surface area (Å²) in [4.78, 5) is 38.8. The van der Waals surface area contributed by atoms with Gasteiger partial charge in [0.2, 0.25) is 0 Å². The van der Waals surface area contributed by atoms with Crippen LogP contribution in [0.3, 0.4) is 0 Å². The van der Waals surface area contributed by atoms with Gasteiger partial charge in [0, 0.05) is 38.8 Å². The van der Waals surface area contributed by atoms with Crippen molar-refractivity contribution < 1.29 is 19.2 Å². The minimum Gasteiger partial charge on any atom is -0.364 e. The lowest BCUT2D eigenvalue weighted by atomic mass is 10.1. The molecule has 2 aliphatic heterocycles. The van der Waals surface area contributed by atoms with Crippen LogP contribution in [0, 0.1) is 10.1 Å². The molecule has 9 nitrogen and oxygen atoms in total. The van der Waals surface area contributed by atoms with Crippen LogP contribution in [0.15, 0.2) is 12.1 Å². The fourth-order valence-electron chi connectivity index (χ4n) is 3.09. The first-order chi connectivity index (χ1) is 12.0. The van der Waals surface area contributed by atoms with Crippen molar-refractivity contribution in [3.8, 4) is 0 Å². The molecule has 0 saturated carbocycles. The SMILES string of the molecule is NC[C@H]1CC[C@@H](C(=O)N2CCN(C(=O)c3ccc([N+](=O)[O-])s3)CC2)O1. The molecule has 25 heavy (non-hydrogen) atoms. The summed E-state index contributed by atoms with van der Waals surface area (Å²) in [5.74, 6) is -0.277. The lowest BCUT2D eigenvalue weighted by molar-refractivity contribution is -0.380. The molecule has 1 aromatic heterocycles. The Morgan fingerprint density at radius 1 is 1.24 bits per heavy atom. The number of thiophene rings is 1. The molecule has 2 fully saturated rings. The van der Waals surface area contributed by atoms with Crippen molar-refractivity contribution in [2.45, 2.75) is 25.0 Å². The maximum atomic E-state index is 12.5. The van der Waals surface area contributed by atoms with Gasteiger partial charge in [-0.25, -0.2) is 0 Å². The van der Waals surface area contributed by atoms with Crippen LogP contribution in [-0.4, -0.2) is 71.5 Å². The fourth-order valence-corrected chi connectivity index (χ4v) is 3.88. The second-order valence-corrected chi connectivity index (χ2v) is 7.13. The minimum atomic E-state index is -0.506. The van der Waals surface area contributed by atoms with Crippen LogP contribution < -0.4 is 5.73 Å². The number of nitro groups is 1. The minimum absolute atomic E-state index is 0.0465. The maximum absolute atomic E-state index is 12.5. The number of hydrogen-bond donors (Lipinski definition) is 1. The number of carbonyl (C=O) groups is 2. The number of nitrogens with zero attached hydrogens (tertiary/aromatic N) is 3. The number of ether oxygens (including phenoxy) is 1. The Morgan fingerprint density at radius 3 is 2.48 bits per heavy atom. The van der Waals surface area contributed by atoms with Gasteiger partial charge in [-0.3, -0.25) is 19.7 Å². The molecule has 0 radical (unpaired) electrons. The summed E-state index contributed by atoms with van der Waals surface area (Å²) in [6.07, 6.45) is 0.989. The zero-order valence-electron chi connectivity index (χ0n) is 13.6. The van der Waals surface area contributed by atoms with E-state index in [2.05, 4.69) is 0 Å². The standard InChI is InChI=1S/C15H20N4O5S/c16-9-10-1-2-11(24-10)14(20)17-5-7-18(8-6-17)15(21)12-3-4-13(25-12)19(22)23/h3-4,10-11H,1-2,5-9,16H2/t10-,11+/m1/s1. The predicted molar refractivity (Wildman–Crippen MR) is 90.4 cm³/mol. The van der Waals surface area contributed by atoms with Gasteiger partial charge in [0.1, 0.15) is 6.10 Å². The van der Waals surface area contributed by atoms with Crippen LogP contribution >= 0.6 is 11.3 Å². The molecular weight excluding hydrogens is 348 g/mol. The first kappa shape index (κ1) is 17.8. The van der Waals surface area contributed by atoms with Crippen molar-refractivity contribution in [3.05, 3.63) is 27.1 Å². The van der Waals surface area contributed by atoms with E-state index in [1.54, 1.807) is 9.80 Å². The lowest BCUT2D eigenvalue weighted by Crippen LogP contribution is -2.52. The van der Waals surface area contributed by atoms with Crippen LogP contribution in [-0.2, 0) is 9.53 Å². The molecule has 0 aromatic carbocycles. The number of hydrogen-bond acceptors (Lipinski definition) is 7. The lowest BCUT2D eigenvalue weighted by Gasteiger charge is -2.35. The smallest absolute Gasteiger partial charge is 0.324 e. The summed E-state index contributed by atoms with van der Waals surface area (Å²) in [6, 6.07) is 2.81. The van der Waals surface area contributed by atoms with E-state index in [-0.39, 0.29) is 22.9 Å². The van der Waals surface area contributed by atoms with Gasteiger partial charge in [-0.2, -0.15) is 0 Å². The molecule has 2 saturated heterocycles. The molecule has 136 valence electrons. The molecule has 3 rings (SSSR count). The highest BCUT2D eigenvalue weighted by Gasteiger charge is 2.35. The van der Waals surface area contributed by atoms with Crippen LogP contribution in [0.4, 0.5) is 5.00 Å². The van der Waals surface area contributed by atoms with Gasteiger partial charge in [-0.1, -0.05) is 11.3 Å². The molecule has 1 aromatic rings. The van der Waals surface area contributed by atoms with E-state index < -0.39 is 11.0 Å². The summed E-state index contributed by atoms with van der Waals surface area (Å²) in [5, 5.41) is 10.7. The second-order valence-electron chi connectivity index (χ2n) is 6.07. The third-order valence-electron chi connectivity index (χ3n) is 4.51. The van der Waals surface area contributed by atoms with Gasteiger partial charge >= 0.3 is 5.00 Å². The van der Waals surface area contributed by atoms with Gasteiger partial charge in [0.25, 0.3) is 11.8 Å². The Labute approximate surface area is 148 Å². The van der Waals surface area contributed by atoms with Crippen molar-refractivity contribution >= 4 is 28.2 Å². The molecular formula is C15H20N4O5S. The molecule has 0 unspecified atom stereocenters. The van der Waals surface area contributed by atoms with E-state index in [0.717, 1.165) is 17.8 Å².